The topological polar surface area (TPSA) is 59.9 Å². The Hall–Kier alpha value is -1.82. The monoisotopic (exact) mass is 266 g/mol. The summed E-state index contributed by atoms with van der Waals surface area (Å²) in [7, 11) is -3.35. The number of sulfone groups is 1. The summed E-state index contributed by atoms with van der Waals surface area (Å²) >= 11 is 0. The first kappa shape index (κ1) is 12.6. The van der Waals surface area contributed by atoms with Crippen molar-refractivity contribution in [1.82, 2.24) is 9.97 Å². The van der Waals surface area contributed by atoms with Gasteiger partial charge in [-0.1, -0.05) is 12.1 Å². The van der Waals surface area contributed by atoms with Crippen LogP contribution in [0.5, 0.6) is 0 Å². The van der Waals surface area contributed by atoms with E-state index in [4.69, 9.17) is 0 Å². The highest BCUT2D eigenvalue weighted by atomic mass is 32.2. The van der Waals surface area contributed by atoms with Crippen molar-refractivity contribution in [3.05, 3.63) is 59.9 Å². The Labute approximate surface area is 104 Å². The molecule has 0 amide bonds. The third-order valence-corrected chi connectivity index (χ3v) is 3.74. The molecule has 0 aliphatic rings. The third kappa shape index (κ3) is 3.59. The predicted molar refractivity (Wildman–Crippen MR) is 64.8 cm³/mol. The summed E-state index contributed by atoms with van der Waals surface area (Å²) in [6, 6.07) is 7.02. The maximum atomic E-state index is 12.7. The van der Waals surface area contributed by atoms with Gasteiger partial charge in [0, 0.05) is 12.4 Å². The van der Waals surface area contributed by atoms with E-state index in [1.54, 1.807) is 6.07 Å². The van der Waals surface area contributed by atoms with Crippen molar-refractivity contribution >= 4 is 9.84 Å². The van der Waals surface area contributed by atoms with E-state index in [1.165, 1.54) is 36.7 Å². The quantitative estimate of drug-likeness (QED) is 0.845. The molecule has 2 aromatic rings. The van der Waals surface area contributed by atoms with Crippen molar-refractivity contribution in [1.29, 1.82) is 0 Å². The third-order valence-electron chi connectivity index (χ3n) is 2.27. The normalized spacial score (nSPS) is 11.4. The highest BCUT2D eigenvalue weighted by Crippen LogP contribution is 2.10. The Bertz CT molecular complexity index is 612. The molecule has 0 saturated heterocycles. The van der Waals surface area contributed by atoms with Gasteiger partial charge in [-0.3, -0.25) is 0 Å². The molecule has 94 valence electrons. The van der Waals surface area contributed by atoms with E-state index in [-0.39, 0.29) is 23.1 Å². The van der Waals surface area contributed by atoms with Crippen LogP contribution in [0.4, 0.5) is 4.39 Å². The zero-order valence-electron chi connectivity index (χ0n) is 9.45. The Morgan fingerprint density at radius 3 is 2.22 bits per heavy atom. The van der Waals surface area contributed by atoms with Gasteiger partial charge in [0.15, 0.2) is 9.84 Å². The van der Waals surface area contributed by atoms with E-state index >= 15 is 0 Å². The number of aromatic nitrogens is 2. The van der Waals surface area contributed by atoms with Crippen LogP contribution in [0.3, 0.4) is 0 Å². The van der Waals surface area contributed by atoms with Crippen LogP contribution in [0, 0.1) is 5.82 Å². The molecule has 0 spiro atoms. The first-order chi connectivity index (χ1) is 8.55. The van der Waals surface area contributed by atoms with Crippen LogP contribution in [0.2, 0.25) is 0 Å². The highest BCUT2D eigenvalue weighted by molar-refractivity contribution is 7.89. The van der Waals surface area contributed by atoms with E-state index in [0.29, 0.717) is 5.56 Å². The van der Waals surface area contributed by atoms with Crippen LogP contribution >= 0.6 is 0 Å². The van der Waals surface area contributed by atoms with E-state index < -0.39 is 9.84 Å². The number of hydrogen-bond donors (Lipinski definition) is 0. The molecule has 1 heterocycles. The van der Waals surface area contributed by atoms with Crippen LogP contribution in [0.25, 0.3) is 0 Å². The first-order valence-electron chi connectivity index (χ1n) is 5.26. The number of rotatable bonds is 4. The van der Waals surface area contributed by atoms with Crippen molar-refractivity contribution in [2.45, 2.75) is 11.5 Å². The molecule has 0 aliphatic carbocycles. The summed E-state index contributed by atoms with van der Waals surface area (Å²) in [5, 5.41) is 0. The second-order valence-electron chi connectivity index (χ2n) is 3.82. The van der Waals surface area contributed by atoms with Gasteiger partial charge < -0.3 is 0 Å². The van der Waals surface area contributed by atoms with Gasteiger partial charge >= 0.3 is 0 Å². The summed E-state index contributed by atoms with van der Waals surface area (Å²) in [4.78, 5) is 7.74. The summed E-state index contributed by atoms with van der Waals surface area (Å²) < 4.78 is 36.5. The average molecular weight is 266 g/mol. The Kier molecular flexibility index (Phi) is 3.66. The molecule has 0 saturated carbocycles. The molecular weight excluding hydrogens is 255 g/mol. The van der Waals surface area contributed by atoms with Gasteiger partial charge in [-0.15, -0.1) is 0 Å². The molecule has 0 atom stereocenters. The van der Waals surface area contributed by atoms with Gasteiger partial charge in [0.05, 0.1) is 5.75 Å². The number of nitrogens with zero attached hydrogens (tertiary/aromatic N) is 2. The van der Waals surface area contributed by atoms with Crippen molar-refractivity contribution < 1.29 is 12.8 Å². The molecule has 0 N–H and O–H groups in total. The minimum Gasteiger partial charge on any atom is -0.240 e. The fourth-order valence-electron chi connectivity index (χ4n) is 1.49. The zero-order valence-corrected chi connectivity index (χ0v) is 10.3. The van der Waals surface area contributed by atoms with Crippen molar-refractivity contribution in [3.63, 3.8) is 0 Å². The SMILES string of the molecule is O=S(=O)(Cc1ccc(F)cc1)Cc1ncccn1. The van der Waals surface area contributed by atoms with Gasteiger partial charge in [-0.05, 0) is 23.8 Å². The van der Waals surface area contributed by atoms with Crippen molar-refractivity contribution in [3.8, 4) is 0 Å². The molecule has 0 bridgehead atoms. The predicted octanol–water partition coefficient (Wildman–Crippen LogP) is 1.73. The van der Waals surface area contributed by atoms with E-state index in [1.807, 2.05) is 0 Å². The summed E-state index contributed by atoms with van der Waals surface area (Å²) in [6.07, 6.45) is 2.99. The molecule has 0 unspecified atom stereocenters. The van der Waals surface area contributed by atoms with Gasteiger partial charge in [0.2, 0.25) is 0 Å². The molecule has 0 fully saturated rings. The molecule has 2 rings (SSSR count). The number of hydrogen-bond acceptors (Lipinski definition) is 4. The largest absolute Gasteiger partial charge is 0.240 e. The molecule has 4 nitrogen and oxygen atoms in total. The van der Waals surface area contributed by atoms with Gasteiger partial charge in [0.1, 0.15) is 17.4 Å². The molecule has 0 radical (unpaired) electrons. The minimum absolute atomic E-state index is 0.147. The van der Waals surface area contributed by atoms with Crippen LogP contribution in [0.15, 0.2) is 42.7 Å². The summed E-state index contributed by atoms with van der Waals surface area (Å²) in [5.41, 5.74) is 0.548. The van der Waals surface area contributed by atoms with Gasteiger partial charge in [0.25, 0.3) is 0 Å². The van der Waals surface area contributed by atoms with Crippen LogP contribution in [-0.2, 0) is 21.3 Å². The highest BCUT2D eigenvalue weighted by Gasteiger charge is 2.14. The minimum atomic E-state index is -3.35. The smallest absolute Gasteiger partial charge is 0.161 e. The van der Waals surface area contributed by atoms with Crippen LogP contribution in [-0.4, -0.2) is 18.4 Å². The lowest BCUT2D eigenvalue weighted by Crippen LogP contribution is -2.09. The fraction of sp³-hybridized carbons (Fsp3) is 0.167. The maximum Gasteiger partial charge on any atom is 0.161 e. The second kappa shape index (κ2) is 5.22. The summed E-state index contributed by atoms with van der Waals surface area (Å²) in [6.45, 7) is 0. The van der Waals surface area contributed by atoms with Gasteiger partial charge in [-0.2, -0.15) is 0 Å². The second-order valence-corrected chi connectivity index (χ2v) is 5.89. The Balaban J connectivity index is 2.10. The molecule has 6 heteroatoms. The van der Waals surface area contributed by atoms with E-state index in [9.17, 15) is 12.8 Å². The van der Waals surface area contributed by atoms with E-state index in [2.05, 4.69) is 9.97 Å². The number of halogens is 1. The van der Waals surface area contributed by atoms with E-state index in [0.717, 1.165) is 0 Å². The fourth-order valence-corrected chi connectivity index (χ4v) is 2.83. The molecule has 18 heavy (non-hydrogen) atoms. The lowest BCUT2D eigenvalue weighted by atomic mass is 10.2. The number of benzene rings is 1. The van der Waals surface area contributed by atoms with Gasteiger partial charge in [-0.25, -0.2) is 22.8 Å². The molecule has 1 aromatic carbocycles. The Morgan fingerprint density at radius 1 is 1.00 bits per heavy atom. The average Bonchev–Trinajstić information content (AvgIpc) is 2.32. The molecule has 1 aromatic heterocycles. The standard InChI is InChI=1S/C12H11FN2O2S/c13-11-4-2-10(3-5-11)8-18(16,17)9-12-14-6-1-7-15-12/h1-7H,8-9H2. The summed E-state index contributed by atoms with van der Waals surface area (Å²) in [5.74, 6) is -0.487. The van der Waals surface area contributed by atoms with Crippen molar-refractivity contribution in [2.24, 2.45) is 0 Å². The molecule has 0 aliphatic heterocycles. The lowest BCUT2D eigenvalue weighted by molar-refractivity contribution is 0.592. The zero-order chi connectivity index (χ0) is 13.0. The van der Waals surface area contributed by atoms with Crippen LogP contribution < -0.4 is 0 Å². The molecular formula is C12H11FN2O2S. The van der Waals surface area contributed by atoms with Crippen molar-refractivity contribution in [2.75, 3.05) is 0 Å². The van der Waals surface area contributed by atoms with Crippen LogP contribution in [0.1, 0.15) is 11.4 Å². The first-order valence-corrected chi connectivity index (χ1v) is 7.08. The lowest BCUT2D eigenvalue weighted by Gasteiger charge is -2.03. The Morgan fingerprint density at radius 2 is 1.61 bits per heavy atom. The maximum absolute atomic E-state index is 12.7.